The van der Waals surface area contributed by atoms with Gasteiger partial charge in [-0.1, -0.05) is 26.2 Å². The summed E-state index contributed by atoms with van der Waals surface area (Å²) in [4.78, 5) is 0. The average molecular weight is 265 g/mol. The second-order valence-electron chi connectivity index (χ2n) is 7.40. The molecule has 2 atom stereocenters. The fraction of sp³-hybridized carbons (Fsp3) is 1.00. The van der Waals surface area contributed by atoms with Gasteiger partial charge in [-0.25, -0.2) is 0 Å². The van der Waals surface area contributed by atoms with Gasteiger partial charge in [-0.15, -0.1) is 0 Å². The largest absolute Gasteiger partial charge is 0.375 e. The predicted octanol–water partition coefficient (Wildman–Crippen LogP) is 3.88. The number of hydrogen-bond donors (Lipinski definition) is 1. The predicted molar refractivity (Wildman–Crippen MR) is 79.0 cm³/mol. The third kappa shape index (κ3) is 2.85. The highest BCUT2D eigenvalue weighted by Crippen LogP contribution is 2.46. The van der Waals surface area contributed by atoms with Crippen molar-refractivity contribution in [2.75, 3.05) is 6.61 Å². The molecule has 2 unspecified atom stereocenters. The van der Waals surface area contributed by atoms with Crippen LogP contribution in [0.1, 0.15) is 71.1 Å². The van der Waals surface area contributed by atoms with E-state index in [4.69, 9.17) is 10.5 Å². The lowest BCUT2D eigenvalue weighted by molar-refractivity contribution is -0.148. The molecule has 1 saturated heterocycles. The van der Waals surface area contributed by atoms with Crippen molar-refractivity contribution >= 4 is 0 Å². The highest BCUT2D eigenvalue weighted by atomic mass is 16.5. The smallest absolute Gasteiger partial charge is 0.0685 e. The highest BCUT2D eigenvalue weighted by Gasteiger charge is 2.44. The maximum Gasteiger partial charge on any atom is 0.0685 e. The maximum absolute atomic E-state index is 6.65. The first-order chi connectivity index (χ1) is 9.22. The third-order valence-electron chi connectivity index (χ3n) is 6.35. The molecular formula is C17H31NO. The third-order valence-corrected chi connectivity index (χ3v) is 6.35. The van der Waals surface area contributed by atoms with E-state index in [0.29, 0.717) is 6.04 Å². The molecule has 1 spiro atoms. The number of rotatable bonds is 3. The van der Waals surface area contributed by atoms with Crippen molar-refractivity contribution in [3.63, 3.8) is 0 Å². The van der Waals surface area contributed by atoms with Crippen molar-refractivity contribution in [1.82, 2.24) is 0 Å². The fourth-order valence-corrected chi connectivity index (χ4v) is 4.68. The molecule has 2 N–H and O–H groups in total. The van der Waals surface area contributed by atoms with Crippen molar-refractivity contribution in [2.24, 2.45) is 23.5 Å². The fourth-order valence-electron chi connectivity index (χ4n) is 4.68. The molecule has 3 rings (SSSR count). The first-order valence-corrected chi connectivity index (χ1v) is 8.62. The lowest BCUT2D eigenvalue weighted by Crippen LogP contribution is -2.51. The van der Waals surface area contributed by atoms with E-state index in [0.717, 1.165) is 24.4 Å². The summed E-state index contributed by atoms with van der Waals surface area (Å²) in [6.45, 7) is 3.30. The SMILES string of the molecule is CCC1CCC(C(N)C2CCOC3(CCC3)C2)CC1. The number of hydrogen-bond acceptors (Lipinski definition) is 2. The van der Waals surface area contributed by atoms with Gasteiger partial charge in [0, 0.05) is 12.6 Å². The summed E-state index contributed by atoms with van der Waals surface area (Å²) in [7, 11) is 0. The zero-order valence-corrected chi connectivity index (χ0v) is 12.6. The second kappa shape index (κ2) is 5.73. The van der Waals surface area contributed by atoms with Crippen molar-refractivity contribution in [3.05, 3.63) is 0 Å². The molecule has 0 amide bonds. The van der Waals surface area contributed by atoms with Crippen LogP contribution in [0.5, 0.6) is 0 Å². The Kier molecular flexibility index (Phi) is 4.19. The van der Waals surface area contributed by atoms with Crippen LogP contribution in [-0.4, -0.2) is 18.2 Å². The summed E-state index contributed by atoms with van der Waals surface area (Å²) in [5.74, 6) is 2.51. The highest BCUT2D eigenvalue weighted by molar-refractivity contribution is 4.97. The lowest BCUT2D eigenvalue weighted by Gasteiger charge is -2.49. The normalized spacial score (nSPS) is 39.8. The van der Waals surface area contributed by atoms with Gasteiger partial charge in [0.05, 0.1) is 5.60 Å². The molecule has 2 saturated carbocycles. The van der Waals surface area contributed by atoms with Crippen molar-refractivity contribution in [2.45, 2.75) is 82.8 Å². The molecule has 1 aliphatic heterocycles. The molecule has 0 aromatic heterocycles. The summed E-state index contributed by atoms with van der Waals surface area (Å²) in [6, 6.07) is 0.444. The van der Waals surface area contributed by atoms with Crippen LogP contribution in [0.25, 0.3) is 0 Å². The van der Waals surface area contributed by atoms with Crippen LogP contribution in [-0.2, 0) is 4.74 Å². The second-order valence-corrected chi connectivity index (χ2v) is 7.40. The molecule has 0 bridgehead atoms. The quantitative estimate of drug-likeness (QED) is 0.840. The lowest BCUT2D eigenvalue weighted by atomic mass is 9.67. The van der Waals surface area contributed by atoms with E-state index in [2.05, 4.69) is 6.92 Å². The van der Waals surface area contributed by atoms with E-state index in [1.54, 1.807) is 0 Å². The molecule has 110 valence electrons. The number of nitrogens with two attached hydrogens (primary N) is 1. The minimum atomic E-state index is 0.265. The molecule has 2 heteroatoms. The van der Waals surface area contributed by atoms with Gasteiger partial charge in [0.2, 0.25) is 0 Å². The molecule has 3 fully saturated rings. The van der Waals surface area contributed by atoms with Gasteiger partial charge in [0.25, 0.3) is 0 Å². The van der Waals surface area contributed by atoms with Gasteiger partial charge in [-0.2, -0.15) is 0 Å². The standard InChI is InChI=1S/C17H31NO/c1-2-13-4-6-14(7-5-13)16(18)15-8-11-19-17(12-15)9-3-10-17/h13-16H,2-12,18H2,1H3. The molecule has 0 radical (unpaired) electrons. The Morgan fingerprint density at radius 3 is 2.42 bits per heavy atom. The molecule has 19 heavy (non-hydrogen) atoms. The number of ether oxygens (including phenoxy) is 1. The van der Waals surface area contributed by atoms with Gasteiger partial charge >= 0.3 is 0 Å². The minimum absolute atomic E-state index is 0.265. The van der Waals surface area contributed by atoms with E-state index < -0.39 is 0 Å². The molecule has 0 aromatic rings. The van der Waals surface area contributed by atoms with E-state index >= 15 is 0 Å². The molecular weight excluding hydrogens is 234 g/mol. The summed E-state index contributed by atoms with van der Waals surface area (Å²) in [5.41, 5.74) is 6.92. The molecule has 2 aliphatic carbocycles. The first kappa shape index (κ1) is 13.9. The minimum Gasteiger partial charge on any atom is -0.375 e. The van der Waals surface area contributed by atoms with Crippen molar-refractivity contribution in [1.29, 1.82) is 0 Å². The van der Waals surface area contributed by atoms with Crippen LogP contribution >= 0.6 is 0 Å². The van der Waals surface area contributed by atoms with Crippen LogP contribution in [0.4, 0.5) is 0 Å². The summed E-state index contributed by atoms with van der Waals surface area (Å²) in [5, 5.41) is 0. The Hall–Kier alpha value is -0.0800. The van der Waals surface area contributed by atoms with Crippen LogP contribution in [0.3, 0.4) is 0 Å². The van der Waals surface area contributed by atoms with Gasteiger partial charge in [0.1, 0.15) is 0 Å². The summed E-state index contributed by atoms with van der Waals surface area (Å²) < 4.78 is 6.05. The molecule has 1 heterocycles. The van der Waals surface area contributed by atoms with Crippen LogP contribution in [0, 0.1) is 17.8 Å². The Morgan fingerprint density at radius 1 is 1.11 bits per heavy atom. The Bertz CT molecular complexity index is 292. The average Bonchev–Trinajstić information content (AvgIpc) is 2.45. The van der Waals surface area contributed by atoms with Crippen molar-refractivity contribution in [3.8, 4) is 0 Å². The topological polar surface area (TPSA) is 35.2 Å². The van der Waals surface area contributed by atoms with Gasteiger partial charge < -0.3 is 10.5 Å². The Morgan fingerprint density at radius 2 is 1.84 bits per heavy atom. The van der Waals surface area contributed by atoms with Gasteiger partial charge in [0.15, 0.2) is 0 Å². The van der Waals surface area contributed by atoms with Gasteiger partial charge in [-0.3, -0.25) is 0 Å². The van der Waals surface area contributed by atoms with Gasteiger partial charge in [-0.05, 0) is 62.7 Å². The van der Waals surface area contributed by atoms with Crippen LogP contribution in [0.2, 0.25) is 0 Å². The zero-order chi connectivity index (χ0) is 13.3. The first-order valence-electron chi connectivity index (χ1n) is 8.62. The van der Waals surface area contributed by atoms with E-state index in [1.165, 1.54) is 64.2 Å². The molecule has 2 nitrogen and oxygen atoms in total. The van der Waals surface area contributed by atoms with Crippen LogP contribution < -0.4 is 5.73 Å². The van der Waals surface area contributed by atoms with Crippen LogP contribution in [0.15, 0.2) is 0 Å². The summed E-state index contributed by atoms with van der Waals surface area (Å²) >= 11 is 0. The monoisotopic (exact) mass is 265 g/mol. The van der Waals surface area contributed by atoms with Crippen molar-refractivity contribution < 1.29 is 4.74 Å². The van der Waals surface area contributed by atoms with E-state index in [9.17, 15) is 0 Å². The molecule has 3 aliphatic rings. The van der Waals surface area contributed by atoms with E-state index in [1.807, 2.05) is 0 Å². The Labute approximate surface area is 118 Å². The maximum atomic E-state index is 6.65. The molecule has 0 aromatic carbocycles. The summed E-state index contributed by atoms with van der Waals surface area (Å²) in [6.07, 6.45) is 13.4. The Balaban J connectivity index is 1.53. The zero-order valence-electron chi connectivity index (χ0n) is 12.6. The van der Waals surface area contributed by atoms with E-state index in [-0.39, 0.29) is 5.60 Å².